The molecule has 1 aromatic heterocycles. The molecule has 36 heavy (non-hydrogen) atoms. The molecule has 0 saturated carbocycles. The van der Waals surface area contributed by atoms with E-state index in [0.717, 1.165) is 0 Å². The van der Waals surface area contributed by atoms with Gasteiger partial charge in [-0.05, 0) is 34.6 Å². The van der Waals surface area contributed by atoms with E-state index in [9.17, 15) is 14.7 Å². The quantitative estimate of drug-likeness (QED) is 0.257. The number of ether oxygens (including phenoxy) is 6. The molecule has 0 aliphatic rings. The SMILES string of the molecule is C#CC(C)(C)C(OC)(OC)C(=O)OCc1cnc(C)c(O)c1COC(=O)C(OC)(OC)C(C)(C)C#C. The van der Waals surface area contributed by atoms with E-state index in [-0.39, 0.29) is 29.2 Å². The Morgan fingerprint density at radius 3 is 1.61 bits per heavy atom. The zero-order valence-electron chi connectivity index (χ0n) is 22.3. The first kappa shape index (κ1) is 30.9. The van der Waals surface area contributed by atoms with E-state index in [1.54, 1.807) is 34.6 Å². The van der Waals surface area contributed by atoms with Gasteiger partial charge in [-0.2, -0.15) is 0 Å². The summed E-state index contributed by atoms with van der Waals surface area (Å²) < 4.78 is 32.2. The summed E-state index contributed by atoms with van der Waals surface area (Å²) >= 11 is 0. The van der Waals surface area contributed by atoms with Crippen LogP contribution in [0.15, 0.2) is 6.20 Å². The Labute approximate surface area is 212 Å². The van der Waals surface area contributed by atoms with Crippen molar-refractivity contribution in [2.24, 2.45) is 10.8 Å². The lowest BCUT2D eigenvalue weighted by atomic mass is 9.83. The molecule has 0 amide bonds. The van der Waals surface area contributed by atoms with E-state index in [4.69, 9.17) is 41.3 Å². The molecule has 0 unspecified atom stereocenters. The zero-order chi connectivity index (χ0) is 27.9. The van der Waals surface area contributed by atoms with Crippen LogP contribution in [-0.4, -0.2) is 62.0 Å². The fourth-order valence-corrected chi connectivity index (χ4v) is 3.66. The number of methoxy groups -OCH3 is 4. The average molecular weight is 506 g/mol. The summed E-state index contributed by atoms with van der Waals surface area (Å²) in [7, 11) is 5.06. The first-order valence-corrected chi connectivity index (χ1v) is 10.9. The largest absolute Gasteiger partial charge is 0.506 e. The first-order valence-electron chi connectivity index (χ1n) is 10.9. The number of aryl methyl sites for hydroxylation is 1. The van der Waals surface area contributed by atoms with Crippen molar-refractivity contribution >= 4 is 11.9 Å². The molecule has 0 radical (unpaired) electrons. The van der Waals surface area contributed by atoms with E-state index in [0.29, 0.717) is 0 Å². The lowest BCUT2D eigenvalue weighted by Crippen LogP contribution is -2.55. The van der Waals surface area contributed by atoms with Crippen LogP contribution in [-0.2, 0) is 51.2 Å². The smallest absolute Gasteiger partial charge is 0.368 e. The van der Waals surface area contributed by atoms with Crippen LogP contribution < -0.4 is 0 Å². The van der Waals surface area contributed by atoms with Crippen LogP contribution in [0.3, 0.4) is 0 Å². The topological polar surface area (TPSA) is 123 Å². The van der Waals surface area contributed by atoms with Crippen LogP contribution in [0.1, 0.15) is 44.5 Å². The van der Waals surface area contributed by atoms with Crippen molar-refractivity contribution in [1.29, 1.82) is 0 Å². The number of pyridine rings is 1. The highest BCUT2D eigenvalue weighted by molar-refractivity contribution is 5.80. The van der Waals surface area contributed by atoms with Crippen LogP contribution in [0.25, 0.3) is 0 Å². The van der Waals surface area contributed by atoms with Crippen LogP contribution in [0.5, 0.6) is 5.75 Å². The predicted octanol–water partition coefficient (Wildman–Crippen LogP) is 2.48. The molecular formula is C26H35NO9. The van der Waals surface area contributed by atoms with Crippen LogP contribution in [0, 0.1) is 42.4 Å². The number of rotatable bonds is 12. The van der Waals surface area contributed by atoms with Gasteiger partial charge in [-0.3, -0.25) is 4.98 Å². The van der Waals surface area contributed by atoms with Gasteiger partial charge in [-0.15, -0.1) is 12.8 Å². The number of carbonyl (C=O) groups is 2. The number of hydrogen-bond donors (Lipinski definition) is 1. The maximum atomic E-state index is 13.0. The maximum Gasteiger partial charge on any atom is 0.368 e. The van der Waals surface area contributed by atoms with Gasteiger partial charge in [0, 0.05) is 45.8 Å². The van der Waals surface area contributed by atoms with Crippen molar-refractivity contribution in [3.05, 3.63) is 23.0 Å². The number of nitrogens with zero attached hydrogens (tertiary/aromatic N) is 1. The summed E-state index contributed by atoms with van der Waals surface area (Å²) in [5.41, 5.74) is -1.71. The third-order valence-electron chi connectivity index (χ3n) is 6.19. The Balaban J connectivity index is 3.29. The highest BCUT2D eigenvalue weighted by Crippen LogP contribution is 2.37. The fourth-order valence-electron chi connectivity index (χ4n) is 3.66. The van der Waals surface area contributed by atoms with Gasteiger partial charge in [0.2, 0.25) is 0 Å². The molecule has 0 aliphatic heterocycles. The van der Waals surface area contributed by atoms with Gasteiger partial charge < -0.3 is 33.5 Å². The van der Waals surface area contributed by atoms with E-state index >= 15 is 0 Å². The Morgan fingerprint density at radius 2 is 1.25 bits per heavy atom. The lowest BCUT2D eigenvalue weighted by molar-refractivity contribution is -0.260. The van der Waals surface area contributed by atoms with Crippen LogP contribution in [0.2, 0.25) is 0 Å². The van der Waals surface area contributed by atoms with Crippen LogP contribution >= 0.6 is 0 Å². The molecule has 1 aromatic rings. The van der Waals surface area contributed by atoms with Crippen molar-refractivity contribution in [3.8, 4) is 30.4 Å². The molecule has 0 fully saturated rings. The second-order valence-electron chi connectivity index (χ2n) is 8.94. The normalized spacial score (nSPS) is 12.4. The highest BCUT2D eigenvalue weighted by atomic mass is 16.7. The third-order valence-corrected chi connectivity index (χ3v) is 6.19. The molecule has 0 atom stereocenters. The Bertz CT molecular complexity index is 1040. The summed E-state index contributed by atoms with van der Waals surface area (Å²) in [5, 5.41) is 10.6. The molecule has 0 aliphatic carbocycles. The molecule has 1 rings (SSSR count). The molecule has 198 valence electrons. The minimum Gasteiger partial charge on any atom is -0.506 e. The standard InChI is InChI=1S/C26H35NO9/c1-12-23(4,5)25(31-8,32-9)21(29)35-15-18-14-27-17(3)20(28)19(18)16-36-22(30)26(33-10,34-11)24(6,7)13-2/h1-2,14,28H,15-16H2,3-11H3. The highest BCUT2D eigenvalue weighted by Gasteiger charge is 2.55. The lowest BCUT2D eigenvalue weighted by Gasteiger charge is -2.38. The van der Waals surface area contributed by atoms with Gasteiger partial charge in [0.25, 0.3) is 11.6 Å². The Morgan fingerprint density at radius 1 is 0.861 bits per heavy atom. The van der Waals surface area contributed by atoms with Crippen molar-refractivity contribution in [1.82, 2.24) is 4.98 Å². The minimum atomic E-state index is -1.91. The third kappa shape index (κ3) is 5.32. The number of aromatic nitrogens is 1. The van der Waals surface area contributed by atoms with E-state index in [1.807, 2.05) is 0 Å². The predicted molar refractivity (Wildman–Crippen MR) is 129 cm³/mol. The van der Waals surface area contributed by atoms with Gasteiger partial charge in [-0.25, -0.2) is 9.59 Å². The monoisotopic (exact) mass is 505 g/mol. The second kappa shape index (κ2) is 11.7. The molecule has 10 nitrogen and oxygen atoms in total. The van der Waals surface area contributed by atoms with Crippen molar-refractivity contribution in [2.45, 2.75) is 59.4 Å². The summed E-state index contributed by atoms with van der Waals surface area (Å²) in [6.45, 7) is 7.10. The van der Waals surface area contributed by atoms with Gasteiger partial charge in [0.1, 0.15) is 19.0 Å². The molecule has 0 aromatic carbocycles. The van der Waals surface area contributed by atoms with E-state index < -0.39 is 40.9 Å². The second-order valence-corrected chi connectivity index (χ2v) is 8.94. The molecule has 0 saturated heterocycles. The summed E-state index contributed by atoms with van der Waals surface area (Å²) in [6, 6.07) is 0. The number of aromatic hydroxyl groups is 1. The van der Waals surface area contributed by atoms with Crippen molar-refractivity contribution < 1.29 is 43.1 Å². The minimum absolute atomic E-state index is 0.153. The molecule has 10 heteroatoms. The van der Waals surface area contributed by atoms with Gasteiger partial charge in [-0.1, -0.05) is 11.8 Å². The number of carbonyl (C=O) groups excluding carboxylic acids is 2. The van der Waals surface area contributed by atoms with Crippen molar-refractivity contribution in [3.63, 3.8) is 0 Å². The Kier molecular flexibility index (Phi) is 10.1. The first-order chi connectivity index (χ1) is 16.7. The molecule has 0 spiro atoms. The van der Waals surface area contributed by atoms with Gasteiger partial charge >= 0.3 is 11.9 Å². The van der Waals surface area contributed by atoms with E-state index in [1.165, 1.54) is 34.6 Å². The van der Waals surface area contributed by atoms with E-state index in [2.05, 4.69) is 16.8 Å². The summed E-state index contributed by atoms with van der Waals surface area (Å²) in [4.78, 5) is 30.1. The number of esters is 2. The molecule has 0 bridgehead atoms. The average Bonchev–Trinajstić information content (AvgIpc) is 2.85. The zero-order valence-corrected chi connectivity index (χ0v) is 22.3. The van der Waals surface area contributed by atoms with Crippen LogP contribution in [0.4, 0.5) is 0 Å². The Hall–Kier alpha value is -3.15. The number of hydrogen-bond acceptors (Lipinski definition) is 10. The molecular weight excluding hydrogens is 470 g/mol. The van der Waals surface area contributed by atoms with Crippen molar-refractivity contribution in [2.75, 3.05) is 28.4 Å². The summed E-state index contributed by atoms with van der Waals surface area (Å²) in [5.74, 6) is -0.939. The molecule has 1 heterocycles. The number of terminal acetylenes is 2. The fraction of sp³-hybridized carbons (Fsp3) is 0.577. The van der Waals surface area contributed by atoms with Gasteiger partial charge in [0.05, 0.1) is 16.5 Å². The maximum absolute atomic E-state index is 13.0. The summed E-state index contributed by atoms with van der Waals surface area (Å²) in [6.07, 6.45) is 12.5. The molecule has 1 N–H and O–H groups in total. The van der Waals surface area contributed by atoms with Gasteiger partial charge in [0.15, 0.2) is 0 Å².